The highest BCUT2D eigenvalue weighted by molar-refractivity contribution is 9.10. The van der Waals surface area contributed by atoms with Crippen LogP contribution in [0.5, 0.6) is 0 Å². The summed E-state index contributed by atoms with van der Waals surface area (Å²) in [5.74, 6) is 1.40. The van der Waals surface area contributed by atoms with E-state index in [9.17, 15) is 4.79 Å². The van der Waals surface area contributed by atoms with E-state index in [1.165, 1.54) is 6.08 Å². The standard InChI is InChI=1S/C12H11BrN2OS2/c13-9-5-10(18-6-9)1-2-11(16)15-12(7-14)3-4-17-8-12/h1-2,5-6H,3-4,8H2,(H,15,16)/b2-1+/t12-/m0/s1. The highest BCUT2D eigenvalue weighted by Gasteiger charge is 2.35. The Morgan fingerprint density at radius 1 is 1.67 bits per heavy atom. The van der Waals surface area contributed by atoms with Crippen LogP contribution in [0.25, 0.3) is 6.08 Å². The van der Waals surface area contributed by atoms with Crippen LogP contribution in [0.3, 0.4) is 0 Å². The van der Waals surface area contributed by atoms with Gasteiger partial charge in [-0.15, -0.1) is 11.3 Å². The molecule has 0 saturated carbocycles. The molecule has 0 radical (unpaired) electrons. The van der Waals surface area contributed by atoms with E-state index in [4.69, 9.17) is 5.26 Å². The number of nitrogens with one attached hydrogen (secondary N) is 1. The largest absolute Gasteiger partial charge is 0.333 e. The molecule has 1 fully saturated rings. The van der Waals surface area contributed by atoms with Gasteiger partial charge in [0.15, 0.2) is 0 Å². The molecule has 0 aliphatic carbocycles. The molecule has 1 amide bonds. The summed E-state index contributed by atoms with van der Waals surface area (Å²) in [7, 11) is 0. The van der Waals surface area contributed by atoms with Crippen molar-refractivity contribution in [3.05, 3.63) is 26.9 Å². The summed E-state index contributed by atoms with van der Waals surface area (Å²) in [5, 5.41) is 13.9. The van der Waals surface area contributed by atoms with E-state index in [2.05, 4.69) is 27.3 Å². The van der Waals surface area contributed by atoms with Gasteiger partial charge in [0.25, 0.3) is 0 Å². The third kappa shape index (κ3) is 3.37. The highest BCUT2D eigenvalue weighted by Crippen LogP contribution is 2.27. The van der Waals surface area contributed by atoms with Crippen molar-refractivity contribution < 1.29 is 4.79 Å². The second kappa shape index (κ2) is 5.91. The van der Waals surface area contributed by atoms with E-state index in [0.717, 1.165) is 21.5 Å². The molecule has 0 bridgehead atoms. The van der Waals surface area contributed by atoms with Crippen molar-refractivity contribution in [2.24, 2.45) is 0 Å². The number of amides is 1. The molecular formula is C12H11BrN2OS2. The van der Waals surface area contributed by atoms with Gasteiger partial charge in [-0.2, -0.15) is 17.0 Å². The van der Waals surface area contributed by atoms with Gasteiger partial charge >= 0.3 is 0 Å². The molecule has 0 unspecified atom stereocenters. The van der Waals surface area contributed by atoms with Gasteiger partial charge in [0.2, 0.25) is 5.91 Å². The molecule has 1 aliphatic heterocycles. The fourth-order valence-corrected chi connectivity index (χ4v) is 4.23. The number of nitriles is 1. The molecule has 2 rings (SSSR count). The Hall–Kier alpha value is -0.770. The zero-order valence-electron chi connectivity index (χ0n) is 9.48. The summed E-state index contributed by atoms with van der Waals surface area (Å²) in [5.41, 5.74) is -0.678. The van der Waals surface area contributed by atoms with Crippen molar-refractivity contribution in [1.29, 1.82) is 5.26 Å². The minimum Gasteiger partial charge on any atom is -0.333 e. The summed E-state index contributed by atoms with van der Waals surface area (Å²) in [6.45, 7) is 0. The lowest BCUT2D eigenvalue weighted by Crippen LogP contribution is -2.46. The quantitative estimate of drug-likeness (QED) is 0.859. The Morgan fingerprint density at radius 2 is 2.50 bits per heavy atom. The fourth-order valence-electron chi connectivity index (χ4n) is 1.63. The van der Waals surface area contributed by atoms with Crippen LogP contribution in [0.2, 0.25) is 0 Å². The zero-order chi connectivity index (χ0) is 13.0. The normalized spacial score (nSPS) is 23.1. The first-order chi connectivity index (χ1) is 8.63. The van der Waals surface area contributed by atoms with Crippen molar-refractivity contribution in [2.75, 3.05) is 11.5 Å². The maximum atomic E-state index is 11.8. The maximum Gasteiger partial charge on any atom is 0.245 e. The zero-order valence-corrected chi connectivity index (χ0v) is 12.7. The third-order valence-electron chi connectivity index (χ3n) is 2.58. The molecule has 0 aromatic carbocycles. The summed E-state index contributed by atoms with van der Waals surface area (Å²) in [4.78, 5) is 12.8. The molecule has 1 saturated heterocycles. The number of hydrogen-bond acceptors (Lipinski definition) is 4. The first kappa shape index (κ1) is 13.7. The van der Waals surface area contributed by atoms with Crippen LogP contribution in [-0.2, 0) is 4.79 Å². The van der Waals surface area contributed by atoms with Gasteiger partial charge in [-0.3, -0.25) is 4.79 Å². The van der Waals surface area contributed by atoms with Crippen molar-refractivity contribution in [3.8, 4) is 6.07 Å². The average molecular weight is 343 g/mol. The van der Waals surface area contributed by atoms with Crippen LogP contribution < -0.4 is 5.32 Å². The fraction of sp³-hybridized carbons (Fsp3) is 0.333. The monoisotopic (exact) mass is 342 g/mol. The Balaban J connectivity index is 1.96. The predicted molar refractivity (Wildman–Crippen MR) is 79.5 cm³/mol. The molecule has 2 heterocycles. The van der Waals surface area contributed by atoms with Crippen molar-refractivity contribution in [1.82, 2.24) is 5.32 Å². The van der Waals surface area contributed by atoms with E-state index in [1.54, 1.807) is 29.2 Å². The molecule has 3 nitrogen and oxygen atoms in total. The molecule has 1 atom stereocenters. The lowest BCUT2D eigenvalue weighted by atomic mass is 10.0. The SMILES string of the molecule is N#C[C@@]1(NC(=O)/C=C/c2cc(Br)cs2)CCSC1. The highest BCUT2D eigenvalue weighted by atomic mass is 79.9. The number of carbonyl (C=O) groups is 1. The Kier molecular flexibility index (Phi) is 4.49. The van der Waals surface area contributed by atoms with E-state index >= 15 is 0 Å². The number of thioether (sulfide) groups is 1. The molecule has 18 heavy (non-hydrogen) atoms. The van der Waals surface area contributed by atoms with E-state index in [0.29, 0.717) is 5.75 Å². The minimum atomic E-state index is -0.678. The van der Waals surface area contributed by atoms with Crippen molar-refractivity contribution in [2.45, 2.75) is 12.0 Å². The number of nitrogens with zero attached hydrogens (tertiary/aromatic N) is 1. The number of carbonyl (C=O) groups excluding carboxylic acids is 1. The second-order valence-corrected chi connectivity index (χ2v) is 6.95. The van der Waals surface area contributed by atoms with Crippen LogP contribution in [0.4, 0.5) is 0 Å². The molecule has 94 valence electrons. The number of hydrogen-bond donors (Lipinski definition) is 1. The smallest absolute Gasteiger partial charge is 0.245 e. The number of halogens is 1. The third-order valence-corrected chi connectivity index (χ3v) is 5.43. The van der Waals surface area contributed by atoms with Gasteiger partial charge in [-0.1, -0.05) is 0 Å². The average Bonchev–Trinajstić information content (AvgIpc) is 2.97. The number of thiophene rings is 1. The van der Waals surface area contributed by atoms with Crippen LogP contribution in [0, 0.1) is 11.3 Å². The van der Waals surface area contributed by atoms with Crippen LogP contribution in [0.15, 0.2) is 22.0 Å². The Labute approximate surface area is 122 Å². The predicted octanol–water partition coefficient (Wildman–Crippen LogP) is 3.04. The lowest BCUT2D eigenvalue weighted by molar-refractivity contribution is -0.117. The van der Waals surface area contributed by atoms with E-state index < -0.39 is 5.54 Å². The van der Waals surface area contributed by atoms with Gasteiger partial charge in [0.1, 0.15) is 5.54 Å². The maximum absolute atomic E-state index is 11.8. The van der Waals surface area contributed by atoms with E-state index in [-0.39, 0.29) is 5.91 Å². The van der Waals surface area contributed by atoms with Crippen LogP contribution in [-0.4, -0.2) is 23.0 Å². The molecule has 0 spiro atoms. The van der Waals surface area contributed by atoms with Gasteiger partial charge < -0.3 is 5.32 Å². The molecule has 6 heteroatoms. The first-order valence-corrected chi connectivity index (χ1v) is 8.20. The van der Waals surface area contributed by atoms with E-state index in [1.807, 2.05) is 11.4 Å². The topological polar surface area (TPSA) is 52.9 Å². The van der Waals surface area contributed by atoms with Crippen LogP contribution in [0.1, 0.15) is 11.3 Å². The van der Waals surface area contributed by atoms with Gasteiger partial charge in [0, 0.05) is 26.6 Å². The summed E-state index contributed by atoms with van der Waals surface area (Å²) < 4.78 is 1.01. The second-order valence-electron chi connectivity index (χ2n) is 3.99. The van der Waals surface area contributed by atoms with Crippen molar-refractivity contribution >= 4 is 51.0 Å². The molecule has 1 aliphatic rings. The molecule has 1 aromatic rings. The molecular weight excluding hydrogens is 332 g/mol. The summed E-state index contributed by atoms with van der Waals surface area (Å²) in [6, 6.07) is 4.16. The lowest BCUT2D eigenvalue weighted by Gasteiger charge is -2.19. The van der Waals surface area contributed by atoms with Crippen LogP contribution >= 0.6 is 39.0 Å². The van der Waals surface area contributed by atoms with Gasteiger partial charge in [-0.25, -0.2) is 0 Å². The summed E-state index contributed by atoms with van der Waals surface area (Å²) >= 11 is 6.62. The Morgan fingerprint density at radius 3 is 3.06 bits per heavy atom. The molecule has 1 N–H and O–H groups in total. The van der Waals surface area contributed by atoms with Gasteiger partial charge in [-0.05, 0) is 40.2 Å². The van der Waals surface area contributed by atoms with Gasteiger partial charge in [0.05, 0.1) is 6.07 Å². The first-order valence-electron chi connectivity index (χ1n) is 5.37. The number of rotatable bonds is 3. The van der Waals surface area contributed by atoms with Crippen molar-refractivity contribution in [3.63, 3.8) is 0 Å². The minimum absolute atomic E-state index is 0.205. The molecule has 1 aromatic heterocycles. The Bertz CT molecular complexity index is 512. The summed E-state index contributed by atoms with van der Waals surface area (Å²) in [6.07, 6.45) is 3.97.